The zero-order valence-electron chi connectivity index (χ0n) is 11.4. The van der Waals surface area contributed by atoms with E-state index in [-0.39, 0.29) is 6.04 Å². The molecule has 98 valence electrons. The zero-order chi connectivity index (χ0) is 13.4. The Labute approximate surface area is 114 Å². The van der Waals surface area contributed by atoms with Gasteiger partial charge >= 0.3 is 0 Å². The highest BCUT2D eigenvalue weighted by Gasteiger charge is 2.21. The van der Waals surface area contributed by atoms with E-state index in [1.807, 2.05) is 0 Å². The van der Waals surface area contributed by atoms with Crippen LogP contribution in [0.4, 0.5) is 0 Å². The van der Waals surface area contributed by atoms with Gasteiger partial charge in [0.1, 0.15) is 5.75 Å². The van der Waals surface area contributed by atoms with E-state index >= 15 is 0 Å². The zero-order valence-corrected chi connectivity index (χ0v) is 11.4. The minimum atomic E-state index is -0.119. The van der Waals surface area contributed by atoms with Crippen molar-refractivity contribution in [2.75, 3.05) is 6.61 Å². The summed E-state index contributed by atoms with van der Waals surface area (Å²) in [4.78, 5) is 0. The molecular weight excluding hydrogens is 234 g/mol. The van der Waals surface area contributed by atoms with Gasteiger partial charge in [-0.05, 0) is 25.0 Å². The van der Waals surface area contributed by atoms with Crippen molar-refractivity contribution in [2.45, 2.75) is 26.3 Å². The Morgan fingerprint density at radius 2 is 1.84 bits per heavy atom. The van der Waals surface area contributed by atoms with Crippen molar-refractivity contribution in [1.29, 1.82) is 0 Å². The first-order valence-corrected chi connectivity index (χ1v) is 6.73. The number of hydrogen-bond acceptors (Lipinski definition) is 2. The molecule has 0 fully saturated rings. The van der Waals surface area contributed by atoms with Gasteiger partial charge in [-0.1, -0.05) is 47.5 Å². The number of nitrogens with two attached hydrogens (primary N) is 1. The van der Waals surface area contributed by atoms with Gasteiger partial charge in [0.05, 0.1) is 12.6 Å². The van der Waals surface area contributed by atoms with Crippen molar-refractivity contribution in [3.8, 4) is 5.75 Å². The molecule has 1 aliphatic heterocycles. The van der Waals surface area contributed by atoms with E-state index in [0.29, 0.717) is 0 Å². The van der Waals surface area contributed by atoms with E-state index in [4.69, 9.17) is 10.5 Å². The number of aryl methyl sites for hydroxylation is 2. The van der Waals surface area contributed by atoms with Crippen LogP contribution in [0.25, 0.3) is 0 Å². The van der Waals surface area contributed by atoms with E-state index < -0.39 is 0 Å². The lowest BCUT2D eigenvalue weighted by Crippen LogP contribution is -2.13. The lowest BCUT2D eigenvalue weighted by atomic mass is 9.94. The summed E-state index contributed by atoms with van der Waals surface area (Å²) in [5, 5.41) is 0. The molecule has 2 heteroatoms. The van der Waals surface area contributed by atoms with E-state index in [9.17, 15) is 0 Å². The Bertz CT molecular complexity index is 598. The van der Waals surface area contributed by atoms with E-state index in [1.54, 1.807) is 0 Å². The Morgan fingerprint density at radius 3 is 2.58 bits per heavy atom. The highest BCUT2D eigenvalue weighted by Crippen LogP contribution is 2.35. The van der Waals surface area contributed by atoms with Crippen LogP contribution in [-0.4, -0.2) is 6.61 Å². The van der Waals surface area contributed by atoms with Crippen molar-refractivity contribution in [3.05, 3.63) is 64.2 Å². The number of para-hydroxylation sites is 1. The molecule has 2 aromatic rings. The van der Waals surface area contributed by atoms with Crippen molar-refractivity contribution >= 4 is 0 Å². The molecule has 0 aliphatic carbocycles. The van der Waals surface area contributed by atoms with Crippen LogP contribution in [-0.2, 0) is 6.42 Å². The highest BCUT2D eigenvalue weighted by molar-refractivity contribution is 5.49. The third-order valence-corrected chi connectivity index (χ3v) is 3.68. The molecule has 2 N–H and O–H groups in total. The fourth-order valence-corrected chi connectivity index (χ4v) is 2.85. The average molecular weight is 253 g/mol. The highest BCUT2D eigenvalue weighted by atomic mass is 16.5. The van der Waals surface area contributed by atoms with Crippen LogP contribution in [0.2, 0.25) is 0 Å². The normalized spacial score (nSPS) is 14.9. The van der Waals surface area contributed by atoms with E-state index in [0.717, 1.165) is 29.9 Å². The Hall–Kier alpha value is -1.80. The van der Waals surface area contributed by atoms with Crippen molar-refractivity contribution in [3.63, 3.8) is 0 Å². The van der Waals surface area contributed by atoms with Gasteiger partial charge in [0.25, 0.3) is 0 Å². The van der Waals surface area contributed by atoms with Crippen LogP contribution < -0.4 is 10.5 Å². The molecule has 1 aliphatic rings. The SMILES string of the molecule is Cc1cc(C)cc(C(N)c2cccc3c2OCC3)c1. The molecule has 1 unspecified atom stereocenters. The Balaban J connectivity index is 2.04. The van der Waals surface area contributed by atoms with Crippen molar-refractivity contribution < 1.29 is 4.74 Å². The van der Waals surface area contributed by atoms with E-state index in [2.05, 4.69) is 50.2 Å². The second kappa shape index (κ2) is 4.71. The Morgan fingerprint density at radius 1 is 1.11 bits per heavy atom. The molecule has 0 aromatic heterocycles. The minimum Gasteiger partial charge on any atom is -0.493 e. The van der Waals surface area contributed by atoms with Crippen molar-refractivity contribution in [1.82, 2.24) is 0 Å². The monoisotopic (exact) mass is 253 g/mol. The summed E-state index contributed by atoms with van der Waals surface area (Å²) in [5.41, 5.74) is 12.5. The Kier molecular flexibility index (Phi) is 3.03. The maximum atomic E-state index is 6.45. The predicted molar refractivity (Wildman–Crippen MR) is 77.6 cm³/mol. The maximum absolute atomic E-state index is 6.45. The van der Waals surface area contributed by atoms with Crippen LogP contribution in [0.5, 0.6) is 5.75 Å². The predicted octanol–water partition coefficient (Wildman–Crippen LogP) is 3.29. The van der Waals surface area contributed by atoms with Gasteiger partial charge in [0, 0.05) is 12.0 Å². The second-order valence-electron chi connectivity index (χ2n) is 5.33. The van der Waals surface area contributed by atoms with Gasteiger partial charge in [-0.3, -0.25) is 0 Å². The number of rotatable bonds is 2. The average Bonchev–Trinajstić information content (AvgIpc) is 2.84. The molecule has 0 radical (unpaired) electrons. The third kappa shape index (κ3) is 2.24. The van der Waals surface area contributed by atoms with Crippen LogP contribution in [0.15, 0.2) is 36.4 Å². The molecule has 2 aromatic carbocycles. The summed E-state index contributed by atoms with van der Waals surface area (Å²) >= 11 is 0. The summed E-state index contributed by atoms with van der Waals surface area (Å²) < 4.78 is 5.75. The molecule has 19 heavy (non-hydrogen) atoms. The molecule has 0 saturated carbocycles. The molecule has 3 rings (SSSR count). The summed E-state index contributed by atoms with van der Waals surface area (Å²) in [6.07, 6.45) is 0.989. The summed E-state index contributed by atoms with van der Waals surface area (Å²) in [6, 6.07) is 12.6. The van der Waals surface area contributed by atoms with Crippen LogP contribution in [0.1, 0.15) is 33.9 Å². The molecule has 0 spiro atoms. The van der Waals surface area contributed by atoms with Crippen LogP contribution >= 0.6 is 0 Å². The molecule has 2 nitrogen and oxygen atoms in total. The third-order valence-electron chi connectivity index (χ3n) is 3.68. The van der Waals surface area contributed by atoms with Crippen molar-refractivity contribution in [2.24, 2.45) is 5.73 Å². The molecule has 0 bridgehead atoms. The van der Waals surface area contributed by atoms with E-state index in [1.165, 1.54) is 16.7 Å². The summed E-state index contributed by atoms with van der Waals surface area (Å²) in [7, 11) is 0. The number of ether oxygens (including phenoxy) is 1. The quantitative estimate of drug-likeness (QED) is 0.891. The second-order valence-corrected chi connectivity index (χ2v) is 5.33. The van der Waals surface area contributed by atoms with Gasteiger partial charge in [-0.2, -0.15) is 0 Å². The first-order chi connectivity index (χ1) is 9.15. The van der Waals surface area contributed by atoms with Crippen LogP contribution in [0, 0.1) is 13.8 Å². The molecule has 1 heterocycles. The summed E-state index contributed by atoms with van der Waals surface area (Å²) in [5.74, 6) is 0.995. The van der Waals surface area contributed by atoms with Gasteiger partial charge in [-0.15, -0.1) is 0 Å². The molecule has 0 amide bonds. The summed E-state index contributed by atoms with van der Waals surface area (Å²) in [6.45, 7) is 4.98. The fourth-order valence-electron chi connectivity index (χ4n) is 2.85. The first kappa shape index (κ1) is 12.2. The smallest absolute Gasteiger partial charge is 0.127 e. The topological polar surface area (TPSA) is 35.2 Å². The number of hydrogen-bond donors (Lipinski definition) is 1. The van der Waals surface area contributed by atoms with Crippen LogP contribution in [0.3, 0.4) is 0 Å². The number of fused-ring (bicyclic) bond motifs is 1. The standard InChI is InChI=1S/C17H19NO/c1-11-8-12(2)10-14(9-11)16(18)15-5-3-4-13-6-7-19-17(13)15/h3-5,8-10,16H,6-7,18H2,1-2H3. The van der Waals surface area contributed by atoms with Gasteiger partial charge < -0.3 is 10.5 Å². The first-order valence-electron chi connectivity index (χ1n) is 6.73. The molecule has 1 atom stereocenters. The van der Waals surface area contributed by atoms with Gasteiger partial charge in [-0.25, -0.2) is 0 Å². The molecule has 0 saturated heterocycles. The minimum absolute atomic E-state index is 0.119. The fraction of sp³-hybridized carbons (Fsp3) is 0.294. The maximum Gasteiger partial charge on any atom is 0.127 e. The lowest BCUT2D eigenvalue weighted by molar-refractivity contribution is 0.352. The van der Waals surface area contributed by atoms with Gasteiger partial charge in [0.15, 0.2) is 0 Å². The largest absolute Gasteiger partial charge is 0.493 e. The van der Waals surface area contributed by atoms with Gasteiger partial charge in [0.2, 0.25) is 0 Å². The molecular formula is C17H19NO. The number of benzene rings is 2. The lowest BCUT2D eigenvalue weighted by Gasteiger charge is -2.17.